The maximum atomic E-state index is 6.12. The van der Waals surface area contributed by atoms with Crippen LogP contribution in [0, 0.1) is 0 Å². The van der Waals surface area contributed by atoms with Crippen LogP contribution in [0.3, 0.4) is 0 Å². The number of likely N-dealkylation sites (N-methyl/N-ethyl adjacent to an activating group) is 1. The van der Waals surface area contributed by atoms with Gasteiger partial charge in [-0.25, -0.2) is 0 Å². The van der Waals surface area contributed by atoms with Crippen LogP contribution in [0.4, 0.5) is 0 Å². The van der Waals surface area contributed by atoms with Gasteiger partial charge in [0.15, 0.2) is 0 Å². The summed E-state index contributed by atoms with van der Waals surface area (Å²) >= 11 is 7.88. The Balaban J connectivity index is 1.87. The molecule has 1 N–H and O–H groups in total. The summed E-state index contributed by atoms with van der Waals surface area (Å²) in [6.45, 7) is 6.61. The Labute approximate surface area is 119 Å². The molecule has 0 radical (unpaired) electrons. The van der Waals surface area contributed by atoms with Crippen LogP contribution < -0.4 is 5.32 Å². The third kappa shape index (κ3) is 3.47. The molecular weight excluding hydrogens is 264 g/mol. The Morgan fingerprint density at radius 2 is 2.33 bits per heavy atom. The molecule has 1 aliphatic rings. The lowest BCUT2D eigenvalue weighted by Gasteiger charge is -2.26. The number of nitrogens with one attached hydrogen (secondary N) is 1. The molecule has 0 fully saturated rings. The summed E-state index contributed by atoms with van der Waals surface area (Å²) in [5.74, 6) is 0. The number of hydrogen-bond acceptors (Lipinski definition) is 3. The first-order valence-corrected chi connectivity index (χ1v) is 7.99. The van der Waals surface area contributed by atoms with Crippen molar-refractivity contribution in [3.05, 3.63) is 20.8 Å². The molecule has 1 atom stereocenters. The molecule has 0 saturated carbocycles. The van der Waals surface area contributed by atoms with Crippen molar-refractivity contribution in [2.24, 2.45) is 0 Å². The van der Waals surface area contributed by atoms with Crippen LogP contribution in [0.25, 0.3) is 0 Å². The molecule has 4 heteroatoms. The van der Waals surface area contributed by atoms with Crippen molar-refractivity contribution in [1.82, 2.24) is 10.2 Å². The molecule has 0 aliphatic heterocycles. The fourth-order valence-corrected chi connectivity index (χ4v) is 3.79. The molecule has 1 aromatic heterocycles. The second kappa shape index (κ2) is 6.38. The Kier molecular flexibility index (Phi) is 5.07. The molecule has 0 amide bonds. The van der Waals surface area contributed by atoms with Gasteiger partial charge in [0.1, 0.15) is 0 Å². The number of fused-ring (bicyclic) bond motifs is 1. The molecule has 0 saturated heterocycles. The third-order valence-corrected chi connectivity index (χ3v) is 5.16. The Morgan fingerprint density at radius 3 is 3.06 bits per heavy atom. The zero-order valence-corrected chi connectivity index (χ0v) is 13.1. The van der Waals surface area contributed by atoms with Gasteiger partial charge in [-0.1, -0.05) is 11.6 Å². The summed E-state index contributed by atoms with van der Waals surface area (Å²) in [6.07, 6.45) is 3.73. The van der Waals surface area contributed by atoms with Gasteiger partial charge in [-0.3, -0.25) is 0 Å². The normalized spacial score (nSPS) is 19.6. The smallest absolute Gasteiger partial charge is 0.0934 e. The summed E-state index contributed by atoms with van der Waals surface area (Å²) in [7, 11) is 2.18. The van der Waals surface area contributed by atoms with Crippen LogP contribution in [0.5, 0.6) is 0 Å². The summed E-state index contributed by atoms with van der Waals surface area (Å²) in [5, 5.41) is 3.68. The quantitative estimate of drug-likeness (QED) is 0.888. The number of nitrogens with zero attached hydrogens (tertiary/aromatic N) is 1. The molecule has 1 aromatic rings. The van der Waals surface area contributed by atoms with E-state index in [1.807, 2.05) is 0 Å². The van der Waals surface area contributed by atoms with Gasteiger partial charge in [0.05, 0.1) is 4.34 Å². The van der Waals surface area contributed by atoms with Gasteiger partial charge in [-0.2, -0.15) is 0 Å². The molecular formula is C14H23ClN2S. The highest BCUT2D eigenvalue weighted by atomic mass is 35.5. The van der Waals surface area contributed by atoms with Crippen LogP contribution >= 0.6 is 22.9 Å². The summed E-state index contributed by atoms with van der Waals surface area (Å²) in [4.78, 5) is 3.86. The Bertz CT molecular complexity index is 389. The first-order valence-electron chi connectivity index (χ1n) is 6.79. The average molecular weight is 287 g/mol. The van der Waals surface area contributed by atoms with Gasteiger partial charge in [0, 0.05) is 30.1 Å². The fraction of sp³-hybridized carbons (Fsp3) is 0.714. The van der Waals surface area contributed by atoms with Gasteiger partial charge < -0.3 is 10.2 Å². The van der Waals surface area contributed by atoms with E-state index < -0.39 is 0 Å². The monoisotopic (exact) mass is 286 g/mol. The number of aryl methyl sites for hydroxylation is 1. The van der Waals surface area contributed by atoms with Crippen molar-refractivity contribution in [1.29, 1.82) is 0 Å². The molecule has 18 heavy (non-hydrogen) atoms. The van der Waals surface area contributed by atoms with Gasteiger partial charge in [0.2, 0.25) is 0 Å². The highest BCUT2D eigenvalue weighted by Gasteiger charge is 2.22. The molecule has 1 heterocycles. The maximum Gasteiger partial charge on any atom is 0.0934 e. The van der Waals surface area contributed by atoms with Crippen molar-refractivity contribution in [3.63, 3.8) is 0 Å². The highest BCUT2D eigenvalue weighted by Crippen LogP contribution is 2.37. The van der Waals surface area contributed by atoms with E-state index in [0.717, 1.165) is 17.4 Å². The van der Waals surface area contributed by atoms with Crippen LogP contribution in [-0.4, -0.2) is 31.1 Å². The number of halogens is 1. The lowest BCUT2D eigenvalue weighted by Crippen LogP contribution is -2.35. The maximum absolute atomic E-state index is 6.12. The SMILES string of the molecule is CC(C)N(C)CCNC1CCCc2sc(Cl)cc21. The van der Waals surface area contributed by atoms with E-state index in [9.17, 15) is 0 Å². The van der Waals surface area contributed by atoms with Gasteiger partial charge >= 0.3 is 0 Å². The van der Waals surface area contributed by atoms with Crippen LogP contribution in [0.15, 0.2) is 6.07 Å². The first kappa shape index (κ1) is 14.3. The summed E-state index contributed by atoms with van der Waals surface area (Å²) in [6, 6.07) is 3.28. The first-order chi connectivity index (χ1) is 8.58. The van der Waals surface area contributed by atoms with E-state index in [-0.39, 0.29) is 0 Å². The summed E-state index contributed by atoms with van der Waals surface area (Å²) < 4.78 is 0.938. The number of hydrogen-bond donors (Lipinski definition) is 1. The number of rotatable bonds is 5. The molecule has 1 aliphatic carbocycles. The fourth-order valence-electron chi connectivity index (χ4n) is 2.41. The van der Waals surface area contributed by atoms with Crippen molar-refractivity contribution in [2.45, 2.75) is 45.2 Å². The van der Waals surface area contributed by atoms with Crippen LogP contribution in [-0.2, 0) is 6.42 Å². The molecule has 2 rings (SSSR count). The molecule has 2 nitrogen and oxygen atoms in total. The number of thiophene rings is 1. The van der Waals surface area contributed by atoms with Gasteiger partial charge in [-0.15, -0.1) is 11.3 Å². The largest absolute Gasteiger partial charge is 0.309 e. The van der Waals surface area contributed by atoms with E-state index in [4.69, 9.17) is 11.6 Å². The zero-order chi connectivity index (χ0) is 13.1. The predicted octanol–water partition coefficient (Wildman–Crippen LogP) is 3.71. The third-order valence-electron chi connectivity index (χ3n) is 3.82. The Morgan fingerprint density at radius 1 is 1.56 bits per heavy atom. The van der Waals surface area contributed by atoms with Crippen molar-refractivity contribution < 1.29 is 0 Å². The second-order valence-electron chi connectivity index (χ2n) is 5.40. The topological polar surface area (TPSA) is 15.3 Å². The van der Waals surface area contributed by atoms with E-state index in [1.54, 1.807) is 11.3 Å². The molecule has 0 bridgehead atoms. The summed E-state index contributed by atoms with van der Waals surface area (Å²) in [5.41, 5.74) is 1.45. The van der Waals surface area contributed by atoms with E-state index in [1.165, 1.54) is 29.7 Å². The minimum absolute atomic E-state index is 0.512. The van der Waals surface area contributed by atoms with Crippen molar-refractivity contribution in [2.75, 3.05) is 20.1 Å². The predicted molar refractivity (Wildman–Crippen MR) is 80.8 cm³/mol. The molecule has 1 unspecified atom stereocenters. The zero-order valence-electron chi connectivity index (χ0n) is 11.5. The minimum atomic E-state index is 0.512. The lowest BCUT2D eigenvalue weighted by molar-refractivity contribution is 0.267. The molecule has 102 valence electrons. The standard InChI is InChI=1S/C14H23ClN2S/c1-10(2)17(3)8-7-16-12-5-4-6-13-11(12)9-14(15)18-13/h9-10,12,16H,4-8H2,1-3H3. The Hall–Kier alpha value is -0.0900. The second-order valence-corrected chi connectivity index (χ2v) is 7.17. The van der Waals surface area contributed by atoms with Gasteiger partial charge in [0.25, 0.3) is 0 Å². The average Bonchev–Trinajstić information content (AvgIpc) is 2.70. The van der Waals surface area contributed by atoms with E-state index in [0.29, 0.717) is 12.1 Å². The molecule has 0 aromatic carbocycles. The van der Waals surface area contributed by atoms with Crippen molar-refractivity contribution in [3.8, 4) is 0 Å². The molecule has 0 spiro atoms. The highest BCUT2D eigenvalue weighted by molar-refractivity contribution is 7.16. The van der Waals surface area contributed by atoms with E-state index in [2.05, 4.69) is 37.2 Å². The van der Waals surface area contributed by atoms with Gasteiger partial charge in [-0.05, 0) is 51.8 Å². The lowest BCUT2D eigenvalue weighted by atomic mass is 9.94. The van der Waals surface area contributed by atoms with Crippen LogP contribution in [0.1, 0.15) is 43.2 Å². The minimum Gasteiger partial charge on any atom is -0.309 e. The van der Waals surface area contributed by atoms with Crippen molar-refractivity contribution >= 4 is 22.9 Å². The van der Waals surface area contributed by atoms with E-state index >= 15 is 0 Å². The van der Waals surface area contributed by atoms with Crippen LogP contribution in [0.2, 0.25) is 4.34 Å².